The van der Waals surface area contributed by atoms with Gasteiger partial charge in [0.05, 0.1) is 35.9 Å². The minimum Gasteiger partial charge on any atom is -0.495 e. The maximum atomic E-state index is 12.0. The van der Waals surface area contributed by atoms with Crippen molar-refractivity contribution in [3.05, 3.63) is 58.1 Å². The number of hydrogen-bond acceptors (Lipinski definition) is 6. The molecule has 2 aromatic rings. The Labute approximate surface area is 137 Å². The molecule has 0 atom stereocenters. The van der Waals surface area contributed by atoms with Gasteiger partial charge in [0, 0.05) is 17.8 Å². The Morgan fingerprint density at radius 3 is 2.79 bits per heavy atom. The van der Waals surface area contributed by atoms with Crippen LogP contribution in [0.4, 0.5) is 17.1 Å². The van der Waals surface area contributed by atoms with Crippen LogP contribution < -0.4 is 15.4 Å². The number of nitro benzene ring substituents is 1. The van der Waals surface area contributed by atoms with Crippen LogP contribution in [-0.2, 0) is 4.79 Å². The summed E-state index contributed by atoms with van der Waals surface area (Å²) in [6, 6.07) is 12.5. The molecule has 2 N–H and O–H groups in total. The molecule has 0 bridgehead atoms. The number of nitrogens with zero attached hydrogens (tertiary/aromatic N) is 2. The van der Waals surface area contributed by atoms with Crippen LogP contribution in [0.1, 0.15) is 5.56 Å². The summed E-state index contributed by atoms with van der Waals surface area (Å²) in [5, 5.41) is 25.1. The van der Waals surface area contributed by atoms with Crippen LogP contribution in [0.3, 0.4) is 0 Å². The molecule has 0 radical (unpaired) electrons. The van der Waals surface area contributed by atoms with E-state index in [9.17, 15) is 14.9 Å². The number of nitro groups is 1. The van der Waals surface area contributed by atoms with Gasteiger partial charge in [-0.25, -0.2) is 0 Å². The fraction of sp³-hybridized carbons (Fsp3) is 0.125. The van der Waals surface area contributed by atoms with Crippen LogP contribution in [0.15, 0.2) is 42.5 Å². The van der Waals surface area contributed by atoms with Gasteiger partial charge in [-0.1, -0.05) is 6.07 Å². The van der Waals surface area contributed by atoms with E-state index in [0.717, 1.165) is 0 Å². The van der Waals surface area contributed by atoms with E-state index in [4.69, 9.17) is 10.00 Å². The van der Waals surface area contributed by atoms with Crippen molar-refractivity contribution in [3.63, 3.8) is 0 Å². The molecule has 0 aliphatic rings. The molecule has 0 saturated heterocycles. The van der Waals surface area contributed by atoms with E-state index in [2.05, 4.69) is 10.6 Å². The fourth-order valence-electron chi connectivity index (χ4n) is 1.99. The minimum atomic E-state index is -0.530. The summed E-state index contributed by atoms with van der Waals surface area (Å²) in [4.78, 5) is 22.3. The highest BCUT2D eigenvalue weighted by Crippen LogP contribution is 2.28. The second-order valence-electron chi connectivity index (χ2n) is 4.74. The number of amides is 1. The molecule has 0 aliphatic heterocycles. The number of hydrogen-bond donors (Lipinski definition) is 2. The number of benzene rings is 2. The van der Waals surface area contributed by atoms with E-state index >= 15 is 0 Å². The van der Waals surface area contributed by atoms with Gasteiger partial charge in [-0.2, -0.15) is 5.26 Å². The number of carbonyl (C=O) groups is 1. The molecule has 0 heterocycles. The number of rotatable bonds is 6. The monoisotopic (exact) mass is 326 g/mol. The average molecular weight is 326 g/mol. The van der Waals surface area contributed by atoms with Crippen LogP contribution in [0, 0.1) is 21.4 Å². The van der Waals surface area contributed by atoms with Crippen molar-refractivity contribution < 1.29 is 14.5 Å². The molecule has 0 saturated carbocycles. The van der Waals surface area contributed by atoms with Crippen molar-refractivity contribution in [2.24, 2.45) is 0 Å². The lowest BCUT2D eigenvalue weighted by molar-refractivity contribution is -0.384. The zero-order chi connectivity index (χ0) is 17.5. The maximum absolute atomic E-state index is 12.0. The third-order valence-corrected chi connectivity index (χ3v) is 3.11. The molecule has 24 heavy (non-hydrogen) atoms. The minimum absolute atomic E-state index is 0.111. The van der Waals surface area contributed by atoms with Crippen LogP contribution in [0.5, 0.6) is 5.75 Å². The van der Waals surface area contributed by atoms with Crippen molar-refractivity contribution in [3.8, 4) is 11.8 Å². The number of carbonyl (C=O) groups excluding carboxylic acids is 1. The molecule has 122 valence electrons. The Morgan fingerprint density at radius 2 is 2.12 bits per heavy atom. The average Bonchev–Trinajstić information content (AvgIpc) is 2.59. The lowest BCUT2D eigenvalue weighted by atomic mass is 10.2. The molecular formula is C16H14N4O4. The zero-order valence-corrected chi connectivity index (χ0v) is 12.8. The third-order valence-electron chi connectivity index (χ3n) is 3.11. The SMILES string of the molecule is COc1ccc([N+](=O)[O-])cc1NCC(=O)Nc1cccc(C#N)c1. The number of nitrogens with one attached hydrogen (secondary N) is 2. The normalized spacial score (nSPS) is 9.67. The van der Waals surface area contributed by atoms with Gasteiger partial charge in [0.2, 0.25) is 5.91 Å². The number of non-ortho nitro benzene ring substituents is 1. The topological polar surface area (TPSA) is 117 Å². The Morgan fingerprint density at radius 1 is 1.33 bits per heavy atom. The molecule has 2 aromatic carbocycles. The molecule has 0 fully saturated rings. The first-order valence-corrected chi connectivity index (χ1v) is 6.90. The zero-order valence-electron chi connectivity index (χ0n) is 12.8. The summed E-state index contributed by atoms with van der Waals surface area (Å²) in [5.74, 6) is 0.0264. The molecule has 2 rings (SSSR count). The predicted octanol–water partition coefficient (Wildman–Crippen LogP) is 2.53. The number of ether oxygens (including phenoxy) is 1. The quantitative estimate of drug-likeness (QED) is 0.622. The Hall–Kier alpha value is -3.60. The van der Waals surface area contributed by atoms with Gasteiger partial charge in [-0.3, -0.25) is 14.9 Å². The highest BCUT2D eigenvalue weighted by molar-refractivity contribution is 5.94. The first kappa shape index (κ1) is 16.8. The summed E-state index contributed by atoms with van der Waals surface area (Å²) < 4.78 is 5.11. The Bertz CT molecular complexity index is 814. The summed E-state index contributed by atoms with van der Waals surface area (Å²) in [5.41, 5.74) is 1.15. The fourth-order valence-corrected chi connectivity index (χ4v) is 1.99. The van der Waals surface area contributed by atoms with Crippen LogP contribution in [0.25, 0.3) is 0 Å². The van der Waals surface area contributed by atoms with E-state index < -0.39 is 4.92 Å². The summed E-state index contributed by atoms with van der Waals surface area (Å²) in [6.07, 6.45) is 0. The number of nitriles is 1. The third kappa shape index (κ3) is 4.20. The van der Waals surface area contributed by atoms with Gasteiger partial charge in [0.15, 0.2) is 0 Å². The van der Waals surface area contributed by atoms with E-state index in [1.807, 2.05) is 6.07 Å². The molecule has 1 amide bonds. The van der Waals surface area contributed by atoms with Gasteiger partial charge < -0.3 is 15.4 Å². The molecule has 0 spiro atoms. The summed E-state index contributed by atoms with van der Waals surface area (Å²) in [6.45, 7) is -0.117. The van der Waals surface area contributed by atoms with Gasteiger partial charge in [0.1, 0.15) is 5.75 Å². The van der Waals surface area contributed by atoms with E-state index in [1.165, 1.54) is 25.3 Å². The highest BCUT2D eigenvalue weighted by Gasteiger charge is 2.12. The van der Waals surface area contributed by atoms with Crippen molar-refractivity contribution >= 4 is 23.0 Å². The van der Waals surface area contributed by atoms with Gasteiger partial charge in [-0.05, 0) is 24.3 Å². The van der Waals surface area contributed by atoms with E-state index in [1.54, 1.807) is 24.3 Å². The summed E-state index contributed by atoms with van der Waals surface area (Å²) >= 11 is 0. The Balaban J connectivity index is 2.04. The van der Waals surface area contributed by atoms with Crippen LogP contribution in [-0.4, -0.2) is 24.5 Å². The molecule has 8 nitrogen and oxygen atoms in total. The highest BCUT2D eigenvalue weighted by atomic mass is 16.6. The smallest absolute Gasteiger partial charge is 0.271 e. The van der Waals surface area contributed by atoms with Crippen molar-refractivity contribution in [1.82, 2.24) is 0 Å². The van der Waals surface area contributed by atoms with Crippen LogP contribution in [0.2, 0.25) is 0 Å². The molecule has 0 aromatic heterocycles. The first-order valence-electron chi connectivity index (χ1n) is 6.90. The van der Waals surface area contributed by atoms with Crippen molar-refractivity contribution in [2.75, 3.05) is 24.3 Å². The van der Waals surface area contributed by atoms with Gasteiger partial charge in [0.25, 0.3) is 5.69 Å². The van der Waals surface area contributed by atoms with E-state index in [-0.39, 0.29) is 18.1 Å². The largest absolute Gasteiger partial charge is 0.495 e. The molecular weight excluding hydrogens is 312 g/mol. The predicted molar refractivity (Wildman–Crippen MR) is 87.9 cm³/mol. The Kier molecular flexibility index (Phi) is 5.31. The first-order chi connectivity index (χ1) is 11.5. The van der Waals surface area contributed by atoms with Gasteiger partial charge >= 0.3 is 0 Å². The molecule has 8 heteroatoms. The van der Waals surface area contributed by atoms with Crippen LogP contribution >= 0.6 is 0 Å². The number of methoxy groups -OCH3 is 1. The number of anilines is 2. The maximum Gasteiger partial charge on any atom is 0.271 e. The standard InChI is InChI=1S/C16H14N4O4/c1-24-15-6-5-13(20(22)23)8-14(15)18-10-16(21)19-12-4-2-3-11(7-12)9-17/h2-8,18H,10H2,1H3,(H,19,21). The van der Waals surface area contributed by atoms with E-state index in [0.29, 0.717) is 22.7 Å². The lowest BCUT2D eigenvalue weighted by Gasteiger charge is -2.11. The lowest BCUT2D eigenvalue weighted by Crippen LogP contribution is -2.22. The molecule has 0 aliphatic carbocycles. The molecule has 0 unspecified atom stereocenters. The second-order valence-corrected chi connectivity index (χ2v) is 4.74. The van der Waals surface area contributed by atoms with Gasteiger partial charge in [-0.15, -0.1) is 0 Å². The van der Waals surface area contributed by atoms with Crippen molar-refractivity contribution in [1.29, 1.82) is 5.26 Å². The second kappa shape index (κ2) is 7.60. The van der Waals surface area contributed by atoms with Crippen molar-refractivity contribution in [2.45, 2.75) is 0 Å². The summed E-state index contributed by atoms with van der Waals surface area (Å²) in [7, 11) is 1.43.